The Morgan fingerprint density at radius 1 is 0.750 bits per heavy atom. The minimum Gasteiger partial charge on any atom is -0.464 e. The molecule has 0 saturated carbocycles. The number of esters is 1. The Bertz CT molecular complexity index is 1400. The van der Waals surface area contributed by atoms with Gasteiger partial charge in [0.1, 0.15) is 6.04 Å². The summed E-state index contributed by atoms with van der Waals surface area (Å²) in [6.07, 6.45) is 0.324. The van der Waals surface area contributed by atoms with E-state index in [1.165, 1.54) is 22.3 Å². The molecule has 1 atom stereocenters. The molecule has 0 spiro atoms. The summed E-state index contributed by atoms with van der Waals surface area (Å²) >= 11 is 0. The second-order valence-corrected chi connectivity index (χ2v) is 10.5. The van der Waals surface area contributed by atoms with E-state index in [2.05, 4.69) is 53.4 Å². The Hall–Kier alpha value is -4.22. The van der Waals surface area contributed by atoms with Crippen LogP contribution in [0.2, 0.25) is 0 Å². The van der Waals surface area contributed by atoms with Crippen LogP contribution in [-0.4, -0.2) is 54.0 Å². The first-order valence-electron chi connectivity index (χ1n) is 14.1. The highest BCUT2D eigenvalue weighted by Crippen LogP contribution is 2.46. The van der Waals surface area contributed by atoms with Gasteiger partial charge in [0.25, 0.3) is 0 Å². The van der Waals surface area contributed by atoms with Crippen LogP contribution in [0.3, 0.4) is 0 Å². The second kappa shape index (κ2) is 11.5. The lowest BCUT2D eigenvalue weighted by atomic mass is 9.92. The van der Waals surface area contributed by atoms with Crippen molar-refractivity contribution in [2.45, 2.75) is 31.3 Å². The van der Waals surface area contributed by atoms with Gasteiger partial charge in [-0.15, -0.1) is 0 Å². The highest BCUT2D eigenvalue weighted by molar-refractivity contribution is 5.88. The SMILES string of the molecule is CCOC(=O)C1CN(C(c2ccccc2)c2ccccc2)CCN1C(=O)CC1c2ccccc2-c2ccccc21. The third kappa shape index (κ3) is 4.93. The highest BCUT2D eigenvalue weighted by atomic mass is 16.5. The number of rotatable bonds is 7. The van der Waals surface area contributed by atoms with Crippen LogP contribution in [0.4, 0.5) is 0 Å². The molecular formula is C35H34N2O3. The molecule has 1 unspecified atom stereocenters. The van der Waals surface area contributed by atoms with Gasteiger partial charge in [-0.05, 0) is 40.3 Å². The number of fused-ring (bicyclic) bond motifs is 3. The molecule has 4 aromatic carbocycles. The number of benzene rings is 4. The van der Waals surface area contributed by atoms with E-state index in [0.29, 0.717) is 26.1 Å². The van der Waals surface area contributed by atoms with Gasteiger partial charge in [0.15, 0.2) is 0 Å². The van der Waals surface area contributed by atoms with Crippen molar-refractivity contribution in [3.05, 3.63) is 131 Å². The fourth-order valence-electron chi connectivity index (χ4n) is 6.43. The van der Waals surface area contributed by atoms with Gasteiger partial charge < -0.3 is 9.64 Å². The summed E-state index contributed by atoms with van der Waals surface area (Å²) in [5.74, 6) is -0.375. The lowest BCUT2D eigenvalue weighted by Gasteiger charge is -2.44. The van der Waals surface area contributed by atoms with Gasteiger partial charge in [0.2, 0.25) is 5.91 Å². The van der Waals surface area contributed by atoms with Crippen molar-refractivity contribution in [1.29, 1.82) is 0 Å². The Labute approximate surface area is 236 Å². The normalized spacial score (nSPS) is 16.9. The average Bonchev–Trinajstić information content (AvgIpc) is 3.32. The van der Waals surface area contributed by atoms with Crippen molar-refractivity contribution in [3.63, 3.8) is 0 Å². The monoisotopic (exact) mass is 530 g/mol. The number of nitrogens with zero attached hydrogens (tertiary/aromatic N) is 2. The number of amides is 1. The minimum atomic E-state index is -0.664. The summed E-state index contributed by atoms with van der Waals surface area (Å²) < 4.78 is 5.52. The summed E-state index contributed by atoms with van der Waals surface area (Å²) in [7, 11) is 0. The van der Waals surface area contributed by atoms with Crippen molar-refractivity contribution < 1.29 is 14.3 Å². The molecule has 1 fully saturated rings. The number of carbonyl (C=O) groups excluding carboxylic acids is 2. The first-order chi connectivity index (χ1) is 19.7. The van der Waals surface area contributed by atoms with Crippen LogP contribution in [0, 0.1) is 0 Å². The number of piperazine rings is 1. The van der Waals surface area contributed by atoms with E-state index < -0.39 is 6.04 Å². The van der Waals surface area contributed by atoms with E-state index in [0.717, 1.165) is 11.1 Å². The third-order valence-corrected chi connectivity index (χ3v) is 8.23. The van der Waals surface area contributed by atoms with Gasteiger partial charge in [-0.1, -0.05) is 109 Å². The fourth-order valence-corrected chi connectivity index (χ4v) is 6.43. The zero-order valence-corrected chi connectivity index (χ0v) is 22.8. The molecule has 202 valence electrons. The zero-order chi connectivity index (χ0) is 27.5. The molecule has 0 bridgehead atoms. The summed E-state index contributed by atoms with van der Waals surface area (Å²) in [5, 5.41) is 0. The molecule has 5 nitrogen and oxygen atoms in total. The minimum absolute atomic E-state index is 0.00909. The molecule has 2 aliphatic rings. The molecule has 1 aliphatic carbocycles. The maximum Gasteiger partial charge on any atom is 0.330 e. The number of hydrogen-bond donors (Lipinski definition) is 0. The summed E-state index contributed by atoms with van der Waals surface area (Å²) in [6.45, 7) is 3.63. The van der Waals surface area contributed by atoms with Gasteiger partial charge in [-0.2, -0.15) is 0 Å². The van der Waals surface area contributed by atoms with Crippen molar-refractivity contribution in [2.75, 3.05) is 26.2 Å². The molecule has 1 amide bonds. The predicted octanol–water partition coefficient (Wildman–Crippen LogP) is 6.05. The molecule has 6 rings (SSSR count). The third-order valence-electron chi connectivity index (χ3n) is 8.23. The van der Waals surface area contributed by atoms with Gasteiger partial charge >= 0.3 is 5.97 Å². The van der Waals surface area contributed by atoms with Crippen LogP contribution in [0.25, 0.3) is 11.1 Å². The predicted molar refractivity (Wildman–Crippen MR) is 157 cm³/mol. The summed E-state index contributed by atoms with van der Waals surface area (Å²) in [6, 6.07) is 36.7. The van der Waals surface area contributed by atoms with Crippen LogP contribution in [0.1, 0.15) is 47.6 Å². The van der Waals surface area contributed by atoms with E-state index in [1.54, 1.807) is 4.90 Å². The number of carbonyl (C=O) groups is 2. The van der Waals surface area contributed by atoms with E-state index in [4.69, 9.17) is 4.74 Å². The molecule has 4 aromatic rings. The van der Waals surface area contributed by atoms with E-state index >= 15 is 0 Å². The molecule has 40 heavy (non-hydrogen) atoms. The van der Waals surface area contributed by atoms with Crippen LogP contribution < -0.4 is 0 Å². The van der Waals surface area contributed by atoms with E-state index in [9.17, 15) is 9.59 Å². The first-order valence-corrected chi connectivity index (χ1v) is 14.1. The fraction of sp³-hybridized carbons (Fsp3) is 0.257. The highest BCUT2D eigenvalue weighted by Gasteiger charge is 2.40. The van der Waals surface area contributed by atoms with Gasteiger partial charge in [-0.3, -0.25) is 9.69 Å². The van der Waals surface area contributed by atoms with E-state index in [1.807, 2.05) is 67.6 Å². The summed E-state index contributed by atoms with van der Waals surface area (Å²) in [4.78, 5) is 31.4. The van der Waals surface area contributed by atoms with Gasteiger partial charge in [0, 0.05) is 32.0 Å². The molecule has 5 heteroatoms. The molecule has 1 heterocycles. The van der Waals surface area contributed by atoms with Crippen molar-refractivity contribution >= 4 is 11.9 Å². The Morgan fingerprint density at radius 3 is 1.82 bits per heavy atom. The largest absolute Gasteiger partial charge is 0.464 e. The van der Waals surface area contributed by atoms with Crippen LogP contribution in [0.15, 0.2) is 109 Å². The topological polar surface area (TPSA) is 49.9 Å². The Balaban J connectivity index is 1.28. The average molecular weight is 531 g/mol. The molecular weight excluding hydrogens is 496 g/mol. The molecule has 0 aromatic heterocycles. The lowest BCUT2D eigenvalue weighted by molar-refractivity contribution is -0.158. The Morgan fingerprint density at radius 2 is 1.27 bits per heavy atom. The molecule has 1 aliphatic heterocycles. The van der Waals surface area contributed by atoms with Crippen molar-refractivity contribution in [2.24, 2.45) is 0 Å². The first kappa shape index (κ1) is 26.0. The molecule has 1 saturated heterocycles. The number of hydrogen-bond acceptors (Lipinski definition) is 4. The van der Waals surface area contributed by atoms with Crippen molar-refractivity contribution in [1.82, 2.24) is 9.80 Å². The van der Waals surface area contributed by atoms with Crippen LogP contribution in [0.5, 0.6) is 0 Å². The standard InChI is InChI=1S/C35H34N2O3/c1-2-40-35(39)32-24-36(34(25-13-5-3-6-14-25)26-15-7-4-8-16-26)21-22-37(32)33(38)23-31-29-19-11-9-17-27(29)28-18-10-12-20-30(28)31/h3-20,31-32,34H,2,21-24H2,1H3. The number of ether oxygens (including phenoxy) is 1. The quantitative estimate of drug-likeness (QED) is 0.273. The smallest absolute Gasteiger partial charge is 0.330 e. The Kier molecular flexibility index (Phi) is 7.47. The maximum atomic E-state index is 14.0. The molecule has 0 radical (unpaired) electrons. The summed E-state index contributed by atoms with van der Waals surface area (Å²) in [5.41, 5.74) is 7.06. The lowest BCUT2D eigenvalue weighted by Crippen LogP contribution is -2.59. The van der Waals surface area contributed by atoms with Crippen LogP contribution in [-0.2, 0) is 14.3 Å². The second-order valence-electron chi connectivity index (χ2n) is 10.5. The molecule has 0 N–H and O–H groups in total. The van der Waals surface area contributed by atoms with Gasteiger partial charge in [0.05, 0.1) is 12.6 Å². The maximum absolute atomic E-state index is 14.0. The van der Waals surface area contributed by atoms with Crippen molar-refractivity contribution in [3.8, 4) is 11.1 Å². The zero-order valence-electron chi connectivity index (χ0n) is 22.8. The van der Waals surface area contributed by atoms with E-state index in [-0.39, 0.29) is 30.4 Å². The van der Waals surface area contributed by atoms with Gasteiger partial charge in [-0.25, -0.2) is 4.79 Å². The van der Waals surface area contributed by atoms with Crippen LogP contribution >= 0.6 is 0 Å².